The molecule has 0 radical (unpaired) electrons. The van der Waals surface area contributed by atoms with Crippen LogP contribution in [-0.4, -0.2) is 17.0 Å². The first-order valence-corrected chi connectivity index (χ1v) is 4.63. The first-order chi connectivity index (χ1) is 7.61. The molecule has 0 aliphatic heterocycles. The van der Waals surface area contributed by atoms with Gasteiger partial charge in [0.05, 0.1) is 18.1 Å². The highest BCUT2D eigenvalue weighted by molar-refractivity contribution is 5.92. The van der Waals surface area contributed by atoms with Crippen molar-refractivity contribution in [1.82, 2.24) is 0 Å². The maximum absolute atomic E-state index is 11.3. The summed E-state index contributed by atoms with van der Waals surface area (Å²) >= 11 is 0. The fourth-order valence-corrected chi connectivity index (χ4v) is 1.11. The van der Waals surface area contributed by atoms with Gasteiger partial charge in [0.25, 0.3) is 0 Å². The Labute approximate surface area is 92.3 Å². The molecule has 1 rings (SSSR count). The van der Waals surface area contributed by atoms with Gasteiger partial charge in [0, 0.05) is 12.1 Å². The minimum Gasteiger partial charge on any atom is -0.481 e. The Balaban J connectivity index is 2.56. The molecule has 0 saturated carbocycles. The highest BCUT2D eigenvalue weighted by Gasteiger charge is 2.05. The number of hydrogen-bond donors (Lipinski definition) is 2. The van der Waals surface area contributed by atoms with Gasteiger partial charge in [-0.1, -0.05) is 6.07 Å². The standard InChI is InChI=1S/C11H10N2O3/c12-7-8-2-1-3-9(6-8)13-10(14)4-5-11(15)16/h1-3,6H,4-5H2,(H,13,14)(H,15,16). The van der Waals surface area contributed by atoms with Crippen molar-refractivity contribution in [1.29, 1.82) is 5.26 Å². The van der Waals surface area contributed by atoms with Crippen LogP contribution in [-0.2, 0) is 9.59 Å². The zero-order valence-electron chi connectivity index (χ0n) is 8.43. The summed E-state index contributed by atoms with van der Waals surface area (Å²) in [5.74, 6) is -1.39. The maximum atomic E-state index is 11.3. The number of benzene rings is 1. The zero-order chi connectivity index (χ0) is 12.0. The molecule has 5 heteroatoms. The van der Waals surface area contributed by atoms with E-state index in [0.29, 0.717) is 11.3 Å². The number of aliphatic carboxylic acids is 1. The Morgan fingerprint density at radius 2 is 2.12 bits per heavy atom. The molecule has 0 spiro atoms. The molecule has 0 heterocycles. The molecule has 1 aromatic rings. The number of nitrogens with one attached hydrogen (secondary N) is 1. The fourth-order valence-electron chi connectivity index (χ4n) is 1.11. The van der Waals surface area contributed by atoms with Gasteiger partial charge in [0.15, 0.2) is 0 Å². The lowest BCUT2D eigenvalue weighted by Gasteiger charge is -2.03. The summed E-state index contributed by atoms with van der Waals surface area (Å²) in [7, 11) is 0. The van der Waals surface area contributed by atoms with Crippen LogP contribution in [0.15, 0.2) is 24.3 Å². The predicted molar refractivity (Wildman–Crippen MR) is 56.7 cm³/mol. The van der Waals surface area contributed by atoms with Crippen molar-refractivity contribution < 1.29 is 14.7 Å². The number of carbonyl (C=O) groups is 2. The van der Waals surface area contributed by atoms with E-state index < -0.39 is 5.97 Å². The normalized spacial score (nSPS) is 9.19. The second-order valence-electron chi connectivity index (χ2n) is 3.13. The topological polar surface area (TPSA) is 90.2 Å². The van der Waals surface area contributed by atoms with Crippen molar-refractivity contribution in [2.45, 2.75) is 12.8 Å². The quantitative estimate of drug-likeness (QED) is 0.798. The first-order valence-electron chi connectivity index (χ1n) is 4.63. The third-order valence-electron chi connectivity index (χ3n) is 1.84. The summed E-state index contributed by atoms with van der Waals surface area (Å²) < 4.78 is 0. The molecule has 0 aromatic heterocycles. The van der Waals surface area contributed by atoms with Gasteiger partial charge in [-0.05, 0) is 18.2 Å². The van der Waals surface area contributed by atoms with Crippen molar-refractivity contribution in [2.75, 3.05) is 5.32 Å². The molecule has 5 nitrogen and oxygen atoms in total. The summed E-state index contributed by atoms with van der Waals surface area (Å²) in [5, 5.41) is 19.5. The minimum absolute atomic E-state index is 0.0773. The van der Waals surface area contributed by atoms with E-state index in [-0.39, 0.29) is 18.7 Å². The van der Waals surface area contributed by atoms with Crippen LogP contribution in [0.3, 0.4) is 0 Å². The second kappa shape index (κ2) is 5.51. The molecule has 0 bridgehead atoms. The third-order valence-corrected chi connectivity index (χ3v) is 1.84. The summed E-state index contributed by atoms with van der Waals surface area (Å²) in [5.41, 5.74) is 0.936. The SMILES string of the molecule is N#Cc1cccc(NC(=O)CCC(=O)O)c1. The van der Waals surface area contributed by atoms with Crippen molar-refractivity contribution in [3.8, 4) is 6.07 Å². The molecule has 0 fully saturated rings. The van der Waals surface area contributed by atoms with Crippen molar-refractivity contribution in [3.05, 3.63) is 29.8 Å². The Hall–Kier alpha value is -2.35. The monoisotopic (exact) mass is 218 g/mol. The Morgan fingerprint density at radius 3 is 2.75 bits per heavy atom. The molecule has 0 unspecified atom stereocenters. The van der Waals surface area contributed by atoms with E-state index in [4.69, 9.17) is 10.4 Å². The summed E-state index contributed by atoms with van der Waals surface area (Å²) in [6, 6.07) is 8.37. The third kappa shape index (κ3) is 3.80. The number of carboxylic acid groups (broad SMARTS) is 1. The van der Waals surface area contributed by atoms with Gasteiger partial charge >= 0.3 is 5.97 Å². The number of anilines is 1. The lowest BCUT2D eigenvalue weighted by atomic mass is 10.2. The van der Waals surface area contributed by atoms with Crippen molar-refractivity contribution in [3.63, 3.8) is 0 Å². The van der Waals surface area contributed by atoms with Crippen LogP contribution in [0, 0.1) is 11.3 Å². The average molecular weight is 218 g/mol. The molecule has 2 N–H and O–H groups in total. The van der Waals surface area contributed by atoms with Crippen LogP contribution in [0.4, 0.5) is 5.69 Å². The van der Waals surface area contributed by atoms with E-state index in [0.717, 1.165) is 0 Å². The van der Waals surface area contributed by atoms with Crippen LogP contribution in [0.2, 0.25) is 0 Å². The van der Waals surface area contributed by atoms with E-state index in [1.165, 1.54) is 6.07 Å². The van der Waals surface area contributed by atoms with Crippen LogP contribution in [0.25, 0.3) is 0 Å². The van der Waals surface area contributed by atoms with Crippen LogP contribution < -0.4 is 5.32 Å². The minimum atomic E-state index is -1.01. The summed E-state index contributed by atoms with van der Waals surface area (Å²) in [6.07, 6.45) is -0.282. The fraction of sp³-hybridized carbons (Fsp3) is 0.182. The van der Waals surface area contributed by atoms with E-state index in [9.17, 15) is 9.59 Å². The number of carbonyl (C=O) groups excluding carboxylic acids is 1. The Morgan fingerprint density at radius 1 is 1.38 bits per heavy atom. The number of rotatable bonds is 4. The van der Waals surface area contributed by atoms with Gasteiger partial charge in [-0.2, -0.15) is 5.26 Å². The first kappa shape index (κ1) is 11.7. The molecule has 1 aromatic carbocycles. The molecule has 0 atom stereocenters. The number of hydrogen-bond acceptors (Lipinski definition) is 3. The van der Waals surface area contributed by atoms with Gasteiger partial charge in [0.2, 0.25) is 5.91 Å². The zero-order valence-corrected chi connectivity index (χ0v) is 8.43. The van der Waals surface area contributed by atoms with Gasteiger partial charge in [-0.15, -0.1) is 0 Å². The second-order valence-corrected chi connectivity index (χ2v) is 3.13. The van der Waals surface area contributed by atoms with E-state index in [2.05, 4.69) is 5.32 Å². The van der Waals surface area contributed by atoms with Crippen LogP contribution in [0.1, 0.15) is 18.4 Å². The summed E-state index contributed by atoms with van der Waals surface area (Å²) in [6.45, 7) is 0. The molecular weight excluding hydrogens is 208 g/mol. The Kier molecular flexibility index (Phi) is 4.04. The molecule has 82 valence electrons. The van der Waals surface area contributed by atoms with Crippen molar-refractivity contribution >= 4 is 17.6 Å². The van der Waals surface area contributed by atoms with Crippen molar-refractivity contribution in [2.24, 2.45) is 0 Å². The number of nitriles is 1. The van der Waals surface area contributed by atoms with Gasteiger partial charge in [0.1, 0.15) is 0 Å². The van der Waals surface area contributed by atoms with Crippen LogP contribution in [0.5, 0.6) is 0 Å². The number of amides is 1. The average Bonchev–Trinajstić information content (AvgIpc) is 2.26. The van der Waals surface area contributed by atoms with Gasteiger partial charge in [-0.25, -0.2) is 0 Å². The molecule has 0 aliphatic carbocycles. The predicted octanol–water partition coefficient (Wildman–Crippen LogP) is 1.36. The highest BCUT2D eigenvalue weighted by atomic mass is 16.4. The number of carboxylic acids is 1. The van der Waals surface area contributed by atoms with E-state index >= 15 is 0 Å². The molecule has 16 heavy (non-hydrogen) atoms. The van der Waals surface area contributed by atoms with Gasteiger partial charge < -0.3 is 10.4 Å². The van der Waals surface area contributed by atoms with E-state index in [1.807, 2.05) is 6.07 Å². The number of nitrogens with zero attached hydrogens (tertiary/aromatic N) is 1. The maximum Gasteiger partial charge on any atom is 0.303 e. The molecule has 1 amide bonds. The molecular formula is C11H10N2O3. The van der Waals surface area contributed by atoms with Gasteiger partial charge in [-0.3, -0.25) is 9.59 Å². The lowest BCUT2D eigenvalue weighted by Crippen LogP contribution is -2.13. The lowest BCUT2D eigenvalue weighted by molar-refractivity contribution is -0.138. The largest absolute Gasteiger partial charge is 0.481 e. The molecule has 0 aliphatic rings. The highest BCUT2D eigenvalue weighted by Crippen LogP contribution is 2.10. The molecule has 0 saturated heterocycles. The van der Waals surface area contributed by atoms with E-state index in [1.54, 1.807) is 18.2 Å². The van der Waals surface area contributed by atoms with Crippen LogP contribution >= 0.6 is 0 Å². The summed E-state index contributed by atoms with van der Waals surface area (Å²) in [4.78, 5) is 21.5. The smallest absolute Gasteiger partial charge is 0.303 e. The Bertz CT molecular complexity index is 449.